The van der Waals surface area contributed by atoms with Gasteiger partial charge in [0.15, 0.2) is 0 Å². The first-order chi connectivity index (χ1) is 16.5. The maximum absolute atomic E-state index is 12.9. The molecular formula is C29H59N3O2. The molecule has 0 aromatic rings. The van der Waals surface area contributed by atoms with Crippen molar-refractivity contribution in [2.24, 2.45) is 11.5 Å². The third-order valence-electron chi connectivity index (χ3n) is 6.89. The molecular weight excluding hydrogens is 422 g/mol. The summed E-state index contributed by atoms with van der Waals surface area (Å²) in [5, 5.41) is 0. The van der Waals surface area contributed by atoms with E-state index in [1.54, 1.807) is 0 Å². The summed E-state index contributed by atoms with van der Waals surface area (Å²) in [6, 6.07) is -0.612. The Morgan fingerprint density at radius 1 is 0.588 bits per heavy atom. The van der Waals surface area contributed by atoms with E-state index in [-0.39, 0.29) is 18.2 Å². The highest BCUT2D eigenvalue weighted by Crippen LogP contribution is 2.13. The van der Waals surface area contributed by atoms with Crippen molar-refractivity contribution in [3.63, 3.8) is 0 Å². The first-order valence-electron chi connectivity index (χ1n) is 14.9. The van der Waals surface area contributed by atoms with E-state index in [1.807, 2.05) is 4.90 Å². The van der Waals surface area contributed by atoms with Crippen LogP contribution in [0.5, 0.6) is 0 Å². The Morgan fingerprint density at radius 3 is 1.24 bits per heavy atom. The molecule has 0 unspecified atom stereocenters. The van der Waals surface area contributed by atoms with Gasteiger partial charge < -0.3 is 16.4 Å². The van der Waals surface area contributed by atoms with E-state index in [0.717, 1.165) is 25.9 Å². The smallest absolute Gasteiger partial charge is 0.239 e. The first kappa shape index (κ1) is 32.9. The van der Waals surface area contributed by atoms with Crippen molar-refractivity contribution >= 4 is 11.8 Å². The Kier molecular flexibility index (Phi) is 24.2. The number of hydrogen-bond donors (Lipinski definition) is 2. The summed E-state index contributed by atoms with van der Waals surface area (Å²) in [4.78, 5) is 25.9. The molecule has 0 heterocycles. The standard InChI is InChI=1S/C29H59N3O2/c1-3-5-7-9-11-13-15-17-19-21-25-32(29(34)27(30)23-24-28(31)33)26-22-20-18-16-14-12-10-8-6-4-2/h27H,3-26,30H2,1-2H3,(H2,31,33)/t27-/m0/s1. The van der Waals surface area contributed by atoms with E-state index >= 15 is 0 Å². The van der Waals surface area contributed by atoms with Gasteiger partial charge in [-0.1, -0.05) is 129 Å². The molecule has 0 aromatic heterocycles. The van der Waals surface area contributed by atoms with Gasteiger partial charge >= 0.3 is 0 Å². The zero-order valence-corrected chi connectivity index (χ0v) is 23.0. The third-order valence-corrected chi connectivity index (χ3v) is 6.89. The molecule has 0 bridgehead atoms. The lowest BCUT2D eigenvalue weighted by atomic mass is 10.1. The number of hydrogen-bond acceptors (Lipinski definition) is 3. The molecule has 202 valence electrons. The van der Waals surface area contributed by atoms with Crippen LogP contribution in [0.1, 0.15) is 155 Å². The zero-order valence-electron chi connectivity index (χ0n) is 23.0. The van der Waals surface area contributed by atoms with Crippen LogP contribution in [-0.4, -0.2) is 35.8 Å². The van der Waals surface area contributed by atoms with Crippen LogP contribution in [0.4, 0.5) is 0 Å². The molecule has 5 nitrogen and oxygen atoms in total. The van der Waals surface area contributed by atoms with Gasteiger partial charge in [-0.2, -0.15) is 0 Å². The summed E-state index contributed by atoms with van der Waals surface area (Å²) >= 11 is 0. The minimum absolute atomic E-state index is 0.00639. The zero-order chi connectivity index (χ0) is 25.3. The van der Waals surface area contributed by atoms with Gasteiger partial charge in [-0.25, -0.2) is 0 Å². The SMILES string of the molecule is CCCCCCCCCCCCN(CCCCCCCCCCCC)C(=O)[C@@H](N)CCC(N)=O. The summed E-state index contributed by atoms with van der Waals surface area (Å²) in [5.41, 5.74) is 11.3. The topological polar surface area (TPSA) is 89.4 Å². The molecule has 0 aromatic carbocycles. The van der Waals surface area contributed by atoms with E-state index in [1.165, 1.54) is 116 Å². The van der Waals surface area contributed by atoms with Crippen molar-refractivity contribution in [2.45, 2.75) is 161 Å². The molecule has 0 aliphatic carbocycles. The Labute approximate surface area is 212 Å². The van der Waals surface area contributed by atoms with Crippen molar-refractivity contribution < 1.29 is 9.59 Å². The van der Waals surface area contributed by atoms with Gasteiger partial charge in [-0.3, -0.25) is 9.59 Å². The van der Waals surface area contributed by atoms with Gasteiger partial charge in [0.25, 0.3) is 0 Å². The number of carbonyl (C=O) groups is 2. The largest absolute Gasteiger partial charge is 0.370 e. The fourth-order valence-electron chi connectivity index (χ4n) is 4.57. The molecule has 0 aliphatic heterocycles. The highest BCUT2D eigenvalue weighted by atomic mass is 16.2. The lowest BCUT2D eigenvalue weighted by Gasteiger charge is -2.26. The minimum Gasteiger partial charge on any atom is -0.370 e. The number of nitrogens with zero attached hydrogens (tertiary/aromatic N) is 1. The molecule has 4 N–H and O–H groups in total. The van der Waals surface area contributed by atoms with E-state index < -0.39 is 6.04 Å². The first-order valence-corrected chi connectivity index (χ1v) is 14.9. The number of unbranched alkanes of at least 4 members (excludes halogenated alkanes) is 18. The maximum Gasteiger partial charge on any atom is 0.239 e. The summed E-state index contributed by atoms with van der Waals surface area (Å²) in [6.07, 6.45) is 26.3. The van der Waals surface area contributed by atoms with Gasteiger partial charge in [0, 0.05) is 19.5 Å². The van der Waals surface area contributed by atoms with Gasteiger partial charge in [0.2, 0.25) is 11.8 Å². The Bertz CT molecular complexity index is 446. The molecule has 0 aliphatic rings. The van der Waals surface area contributed by atoms with Gasteiger partial charge in [0.05, 0.1) is 6.04 Å². The predicted octanol–water partition coefficient (Wildman–Crippen LogP) is 7.25. The summed E-state index contributed by atoms with van der Waals surface area (Å²) in [5.74, 6) is -0.396. The fourth-order valence-corrected chi connectivity index (χ4v) is 4.57. The van der Waals surface area contributed by atoms with E-state index in [9.17, 15) is 9.59 Å². The molecule has 0 fully saturated rings. The van der Waals surface area contributed by atoms with Crippen LogP contribution in [0, 0.1) is 0 Å². The van der Waals surface area contributed by atoms with Crippen molar-refractivity contribution in [2.75, 3.05) is 13.1 Å². The van der Waals surface area contributed by atoms with Crippen LogP contribution in [0.2, 0.25) is 0 Å². The average molecular weight is 482 g/mol. The van der Waals surface area contributed by atoms with Crippen molar-refractivity contribution in [3.05, 3.63) is 0 Å². The number of nitrogens with two attached hydrogens (primary N) is 2. The normalized spacial score (nSPS) is 12.1. The van der Waals surface area contributed by atoms with Crippen LogP contribution in [0.25, 0.3) is 0 Å². The number of primary amides is 1. The van der Waals surface area contributed by atoms with Crippen LogP contribution in [0.15, 0.2) is 0 Å². The van der Waals surface area contributed by atoms with E-state index in [4.69, 9.17) is 11.5 Å². The third kappa shape index (κ3) is 21.4. The minimum atomic E-state index is -0.612. The van der Waals surface area contributed by atoms with E-state index in [2.05, 4.69) is 13.8 Å². The van der Waals surface area contributed by atoms with Crippen LogP contribution in [-0.2, 0) is 9.59 Å². The average Bonchev–Trinajstić information content (AvgIpc) is 2.83. The van der Waals surface area contributed by atoms with Crippen molar-refractivity contribution in [1.82, 2.24) is 4.90 Å². The molecule has 0 saturated heterocycles. The summed E-state index contributed by atoms with van der Waals surface area (Å²) < 4.78 is 0. The second kappa shape index (κ2) is 25.0. The highest BCUT2D eigenvalue weighted by Gasteiger charge is 2.20. The molecule has 5 heteroatoms. The number of rotatable bonds is 26. The molecule has 0 spiro atoms. The second-order valence-electron chi connectivity index (χ2n) is 10.3. The monoisotopic (exact) mass is 481 g/mol. The molecule has 0 rings (SSSR count). The van der Waals surface area contributed by atoms with Crippen molar-refractivity contribution in [1.29, 1.82) is 0 Å². The molecule has 34 heavy (non-hydrogen) atoms. The second-order valence-corrected chi connectivity index (χ2v) is 10.3. The molecule has 2 amide bonds. The van der Waals surface area contributed by atoms with Crippen molar-refractivity contribution in [3.8, 4) is 0 Å². The van der Waals surface area contributed by atoms with E-state index in [0.29, 0.717) is 6.42 Å². The van der Waals surface area contributed by atoms with Gasteiger partial charge in [-0.05, 0) is 19.3 Å². The van der Waals surface area contributed by atoms with Crippen LogP contribution in [0.3, 0.4) is 0 Å². The van der Waals surface area contributed by atoms with Crippen LogP contribution >= 0.6 is 0 Å². The molecule has 1 atom stereocenters. The molecule has 0 saturated carbocycles. The lowest BCUT2D eigenvalue weighted by Crippen LogP contribution is -2.45. The predicted molar refractivity (Wildman–Crippen MR) is 147 cm³/mol. The number of carbonyl (C=O) groups excluding carboxylic acids is 2. The fraction of sp³-hybridized carbons (Fsp3) is 0.931. The lowest BCUT2D eigenvalue weighted by molar-refractivity contribution is -0.133. The van der Waals surface area contributed by atoms with Gasteiger partial charge in [-0.15, -0.1) is 0 Å². The summed E-state index contributed by atoms with van der Waals surface area (Å²) in [6.45, 7) is 6.10. The van der Waals surface area contributed by atoms with Crippen LogP contribution < -0.4 is 11.5 Å². The Balaban J connectivity index is 4.13. The molecule has 0 radical (unpaired) electrons. The Hall–Kier alpha value is -1.10. The highest BCUT2D eigenvalue weighted by molar-refractivity contribution is 5.82. The Morgan fingerprint density at radius 2 is 0.912 bits per heavy atom. The number of amides is 2. The maximum atomic E-state index is 12.9. The van der Waals surface area contributed by atoms with Gasteiger partial charge in [0.1, 0.15) is 0 Å². The quantitative estimate of drug-likeness (QED) is 0.127. The summed E-state index contributed by atoms with van der Waals surface area (Å²) in [7, 11) is 0.